The molecule has 0 aromatic carbocycles. The molecule has 2 saturated heterocycles. The maximum atomic E-state index is 11.4. The molecular weight excluding hydrogens is 190 g/mol. The van der Waals surface area contributed by atoms with Crippen LogP contribution < -0.4 is 0 Å². The zero-order valence-electron chi connectivity index (χ0n) is 6.58. The highest BCUT2D eigenvalue weighted by molar-refractivity contribution is 8.01. The van der Waals surface area contributed by atoms with Crippen LogP contribution in [-0.2, 0) is 9.59 Å². The van der Waals surface area contributed by atoms with Gasteiger partial charge in [0.05, 0.1) is 11.8 Å². The molecule has 0 aromatic rings. The minimum absolute atomic E-state index is 0.101. The van der Waals surface area contributed by atoms with E-state index in [1.54, 1.807) is 11.8 Å². The molecule has 4 nitrogen and oxygen atoms in total. The summed E-state index contributed by atoms with van der Waals surface area (Å²) >= 11 is 1.64. The summed E-state index contributed by atoms with van der Waals surface area (Å²) in [6, 6.07) is 0. The number of nitrogens with zero attached hydrogens (tertiary/aromatic N) is 1. The summed E-state index contributed by atoms with van der Waals surface area (Å²) in [6.45, 7) is 0. The monoisotopic (exact) mass is 197 g/mol. The van der Waals surface area contributed by atoms with Crippen molar-refractivity contribution in [2.24, 2.45) is 11.8 Å². The van der Waals surface area contributed by atoms with Crippen molar-refractivity contribution in [3.05, 3.63) is 12.2 Å². The van der Waals surface area contributed by atoms with E-state index in [4.69, 9.17) is 5.21 Å². The number of imide groups is 1. The molecule has 0 radical (unpaired) electrons. The van der Waals surface area contributed by atoms with Crippen LogP contribution in [0.15, 0.2) is 12.2 Å². The summed E-state index contributed by atoms with van der Waals surface area (Å²) < 4.78 is 0. The molecule has 3 aliphatic rings. The molecular formula is C8H7NO3S. The molecule has 1 N–H and O–H groups in total. The third-order valence-electron chi connectivity index (χ3n) is 2.89. The van der Waals surface area contributed by atoms with Crippen LogP contribution in [0.4, 0.5) is 0 Å². The van der Waals surface area contributed by atoms with Gasteiger partial charge >= 0.3 is 0 Å². The zero-order chi connectivity index (χ0) is 9.16. The average Bonchev–Trinajstić information content (AvgIpc) is 2.76. The van der Waals surface area contributed by atoms with Crippen molar-refractivity contribution < 1.29 is 14.8 Å². The summed E-state index contributed by atoms with van der Waals surface area (Å²) in [5.74, 6) is -1.48. The van der Waals surface area contributed by atoms with E-state index in [1.165, 1.54) is 0 Å². The van der Waals surface area contributed by atoms with Crippen molar-refractivity contribution in [3.8, 4) is 0 Å². The Hall–Kier alpha value is -0.810. The van der Waals surface area contributed by atoms with Gasteiger partial charge in [0.15, 0.2) is 0 Å². The van der Waals surface area contributed by atoms with Crippen molar-refractivity contribution in [1.82, 2.24) is 5.06 Å². The molecule has 68 valence electrons. The van der Waals surface area contributed by atoms with Crippen LogP contribution in [0.25, 0.3) is 0 Å². The van der Waals surface area contributed by atoms with Crippen molar-refractivity contribution in [3.63, 3.8) is 0 Å². The fourth-order valence-corrected chi connectivity index (χ4v) is 3.92. The summed E-state index contributed by atoms with van der Waals surface area (Å²) in [5, 5.41) is 9.63. The molecule has 3 rings (SSSR count). The molecule has 2 bridgehead atoms. The lowest BCUT2D eigenvalue weighted by molar-refractivity contribution is -0.173. The number of carbonyl (C=O) groups excluding carboxylic acids is 2. The number of rotatable bonds is 0. The second-order valence-corrected chi connectivity index (χ2v) is 4.85. The molecule has 2 amide bonds. The summed E-state index contributed by atoms with van der Waals surface area (Å²) in [5.41, 5.74) is 0. The lowest BCUT2D eigenvalue weighted by Crippen LogP contribution is -2.29. The molecule has 4 atom stereocenters. The first-order valence-corrected chi connectivity index (χ1v) is 5.05. The van der Waals surface area contributed by atoms with Gasteiger partial charge in [-0.2, -0.15) is 5.06 Å². The Morgan fingerprint density at radius 1 is 1.15 bits per heavy atom. The van der Waals surface area contributed by atoms with E-state index in [-0.39, 0.29) is 22.3 Å². The largest absolute Gasteiger partial charge is 0.278 e. The topological polar surface area (TPSA) is 57.6 Å². The van der Waals surface area contributed by atoms with E-state index in [0.29, 0.717) is 5.06 Å². The Labute approximate surface area is 78.5 Å². The van der Waals surface area contributed by atoms with Gasteiger partial charge in [0.2, 0.25) is 0 Å². The normalized spacial score (nSPS) is 46.4. The minimum Gasteiger partial charge on any atom is -0.278 e. The first-order chi connectivity index (χ1) is 6.20. The number of thioether (sulfide) groups is 1. The first-order valence-electron chi connectivity index (χ1n) is 4.10. The van der Waals surface area contributed by atoms with Crippen LogP contribution in [0.5, 0.6) is 0 Å². The van der Waals surface area contributed by atoms with E-state index < -0.39 is 11.8 Å². The number of hydrogen-bond acceptors (Lipinski definition) is 4. The number of hydrogen-bond donors (Lipinski definition) is 1. The van der Waals surface area contributed by atoms with Crippen molar-refractivity contribution >= 4 is 23.6 Å². The second-order valence-electron chi connectivity index (χ2n) is 3.49. The van der Waals surface area contributed by atoms with Crippen LogP contribution in [-0.4, -0.2) is 32.6 Å². The van der Waals surface area contributed by atoms with Gasteiger partial charge in [-0.15, -0.1) is 11.8 Å². The zero-order valence-corrected chi connectivity index (χ0v) is 7.40. The molecule has 13 heavy (non-hydrogen) atoms. The van der Waals surface area contributed by atoms with E-state index in [0.717, 1.165) is 0 Å². The Morgan fingerprint density at radius 3 is 2.08 bits per heavy atom. The third kappa shape index (κ3) is 0.722. The highest BCUT2D eigenvalue weighted by Gasteiger charge is 2.60. The lowest BCUT2D eigenvalue weighted by Gasteiger charge is -2.12. The molecule has 0 saturated carbocycles. The van der Waals surface area contributed by atoms with Gasteiger partial charge in [-0.3, -0.25) is 14.8 Å². The van der Waals surface area contributed by atoms with Gasteiger partial charge in [0.25, 0.3) is 11.8 Å². The lowest BCUT2D eigenvalue weighted by atomic mass is 9.85. The van der Waals surface area contributed by atoms with Gasteiger partial charge in [0.1, 0.15) is 0 Å². The van der Waals surface area contributed by atoms with E-state index in [9.17, 15) is 9.59 Å². The first kappa shape index (κ1) is 7.58. The number of hydroxylamine groups is 2. The van der Waals surface area contributed by atoms with Crippen molar-refractivity contribution in [1.29, 1.82) is 0 Å². The van der Waals surface area contributed by atoms with Crippen LogP contribution in [0, 0.1) is 11.8 Å². The van der Waals surface area contributed by atoms with Crippen LogP contribution in [0.2, 0.25) is 0 Å². The van der Waals surface area contributed by atoms with Gasteiger partial charge in [-0.05, 0) is 0 Å². The Kier molecular flexibility index (Phi) is 1.26. The number of carbonyl (C=O) groups is 2. The van der Waals surface area contributed by atoms with Gasteiger partial charge in [0, 0.05) is 10.5 Å². The fourth-order valence-electron chi connectivity index (χ4n) is 2.29. The SMILES string of the molecule is O=C1C2C3C=CC(S3)C2C(=O)N1O. The number of amides is 2. The standard InChI is InChI=1S/C8H7NO3S/c10-7-5-3-1-2-4(13-3)6(5)8(11)9(7)12/h1-6,12H. The Bertz CT molecular complexity index is 310. The maximum Gasteiger partial charge on any atom is 0.258 e. The molecule has 4 unspecified atom stereocenters. The van der Waals surface area contributed by atoms with E-state index >= 15 is 0 Å². The summed E-state index contributed by atoms with van der Waals surface area (Å²) in [6.07, 6.45) is 3.92. The van der Waals surface area contributed by atoms with Crippen LogP contribution in [0.1, 0.15) is 0 Å². The quantitative estimate of drug-likeness (QED) is 0.338. The van der Waals surface area contributed by atoms with Gasteiger partial charge in [-0.1, -0.05) is 12.2 Å². The fraction of sp³-hybridized carbons (Fsp3) is 0.500. The molecule has 3 aliphatic heterocycles. The van der Waals surface area contributed by atoms with Crippen molar-refractivity contribution in [2.45, 2.75) is 10.5 Å². The summed E-state index contributed by atoms with van der Waals surface area (Å²) in [4.78, 5) is 22.8. The predicted molar refractivity (Wildman–Crippen MR) is 44.9 cm³/mol. The number of fused-ring (bicyclic) bond motifs is 5. The summed E-state index contributed by atoms with van der Waals surface area (Å²) in [7, 11) is 0. The molecule has 0 aliphatic carbocycles. The minimum atomic E-state index is -0.431. The molecule has 0 aromatic heterocycles. The van der Waals surface area contributed by atoms with Crippen LogP contribution >= 0.6 is 11.8 Å². The van der Waals surface area contributed by atoms with Crippen LogP contribution in [0.3, 0.4) is 0 Å². The molecule has 3 heterocycles. The third-order valence-corrected chi connectivity index (χ3v) is 4.42. The van der Waals surface area contributed by atoms with E-state index in [2.05, 4.69) is 0 Å². The smallest absolute Gasteiger partial charge is 0.258 e. The van der Waals surface area contributed by atoms with Gasteiger partial charge < -0.3 is 0 Å². The second kappa shape index (κ2) is 2.16. The molecule has 5 heteroatoms. The predicted octanol–water partition coefficient (Wildman–Crippen LogP) is 0.0306. The molecule has 2 fully saturated rings. The average molecular weight is 197 g/mol. The highest BCUT2D eigenvalue weighted by Crippen LogP contribution is 2.52. The highest BCUT2D eigenvalue weighted by atomic mass is 32.2. The Morgan fingerprint density at radius 2 is 1.62 bits per heavy atom. The van der Waals surface area contributed by atoms with Gasteiger partial charge in [-0.25, -0.2) is 0 Å². The van der Waals surface area contributed by atoms with Crippen molar-refractivity contribution in [2.75, 3.05) is 0 Å². The van der Waals surface area contributed by atoms with E-state index in [1.807, 2.05) is 12.2 Å². The maximum absolute atomic E-state index is 11.4. The molecule has 0 spiro atoms. The Balaban J connectivity index is 2.08.